The van der Waals surface area contributed by atoms with E-state index in [9.17, 15) is 0 Å². The summed E-state index contributed by atoms with van der Waals surface area (Å²) in [5.41, 5.74) is 7.72. The molecule has 0 heterocycles. The minimum Gasteiger partial charge on any atom is -0.325 e. The number of hydrogen-bond donors (Lipinski definition) is 1. The SMILES string of the molecule is CCC1(C)CC2(C)CCC(N)(C1)C2. The standard InChI is InChI=1S/C12H23N/c1-4-10(2)7-11(3)5-6-12(13,8-10)9-11/h4-9,13H2,1-3H3. The van der Waals surface area contributed by atoms with Crippen LogP contribution in [0.2, 0.25) is 0 Å². The summed E-state index contributed by atoms with van der Waals surface area (Å²) in [6, 6.07) is 0. The van der Waals surface area contributed by atoms with Crippen molar-refractivity contribution in [3.8, 4) is 0 Å². The van der Waals surface area contributed by atoms with E-state index in [1.54, 1.807) is 0 Å². The zero-order valence-corrected chi connectivity index (χ0v) is 9.32. The summed E-state index contributed by atoms with van der Waals surface area (Å²) < 4.78 is 0. The third-order valence-corrected chi connectivity index (χ3v) is 4.49. The first-order valence-corrected chi connectivity index (χ1v) is 5.68. The van der Waals surface area contributed by atoms with Crippen molar-refractivity contribution in [3.05, 3.63) is 0 Å². The molecule has 0 aromatic carbocycles. The van der Waals surface area contributed by atoms with E-state index in [1.807, 2.05) is 0 Å². The molecule has 0 spiro atoms. The lowest BCUT2D eigenvalue weighted by molar-refractivity contribution is 0.0734. The fraction of sp³-hybridized carbons (Fsp3) is 1.00. The van der Waals surface area contributed by atoms with Gasteiger partial charge in [-0.25, -0.2) is 0 Å². The van der Waals surface area contributed by atoms with Crippen LogP contribution in [0.15, 0.2) is 0 Å². The van der Waals surface area contributed by atoms with E-state index >= 15 is 0 Å². The number of nitrogens with two attached hydrogens (primary N) is 1. The van der Waals surface area contributed by atoms with Gasteiger partial charge in [-0.15, -0.1) is 0 Å². The largest absolute Gasteiger partial charge is 0.325 e. The van der Waals surface area contributed by atoms with Crippen LogP contribution in [0.25, 0.3) is 0 Å². The monoisotopic (exact) mass is 181 g/mol. The van der Waals surface area contributed by atoms with Gasteiger partial charge in [-0.05, 0) is 42.9 Å². The highest BCUT2D eigenvalue weighted by molar-refractivity contribution is 5.08. The Bertz CT molecular complexity index is 205. The van der Waals surface area contributed by atoms with E-state index in [2.05, 4.69) is 20.8 Å². The van der Waals surface area contributed by atoms with Crippen molar-refractivity contribution in [2.45, 2.75) is 64.8 Å². The maximum Gasteiger partial charge on any atom is 0.0164 e. The summed E-state index contributed by atoms with van der Waals surface area (Å²) in [4.78, 5) is 0. The first-order valence-electron chi connectivity index (χ1n) is 5.68. The zero-order valence-electron chi connectivity index (χ0n) is 9.32. The van der Waals surface area contributed by atoms with Gasteiger partial charge < -0.3 is 5.73 Å². The van der Waals surface area contributed by atoms with Gasteiger partial charge in [0.15, 0.2) is 0 Å². The van der Waals surface area contributed by atoms with Crippen LogP contribution in [0.1, 0.15) is 59.3 Å². The van der Waals surface area contributed by atoms with Crippen LogP contribution in [0.4, 0.5) is 0 Å². The van der Waals surface area contributed by atoms with Crippen LogP contribution in [-0.2, 0) is 0 Å². The maximum atomic E-state index is 6.44. The predicted octanol–water partition coefficient (Wildman–Crippen LogP) is 3.08. The van der Waals surface area contributed by atoms with Crippen molar-refractivity contribution in [1.29, 1.82) is 0 Å². The van der Waals surface area contributed by atoms with Crippen LogP contribution in [0.5, 0.6) is 0 Å². The minimum atomic E-state index is 0.192. The third-order valence-electron chi connectivity index (χ3n) is 4.49. The highest BCUT2D eigenvalue weighted by atomic mass is 14.8. The van der Waals surface area contributed by atoms with Crippen LogP contribution in [0, 0.1) is 10.8 Å². The Morgan fingerprint density at radius 1 is 1.08 bits per heavy atom. The van der Waals surface area contributed by atoms with Gasteiger partial charge in [0.05, 0.1) is 0 Å². The van der Waals surface area contributed by atoms with Crippen molar-refractivity contribution >= 4 is 0 Å². The minimum absolute atomic E-state index is 0.192. The van der Waals surface area contributed by atoms with Crippen LogP contribution in [-0.4, -0.2) is 5.54 Å². The van der Waals surface area contributed by atoms with Gasteiger partial charge in [-0.3, -0.25) is 0 Å². The molecule has 2 aliphatic rings. The highest BCUT2D eigenvalue weighted by Gasteiger charge is 2.52. The van der Waals surface area contributed by atoms with Crippen molar-refractivity contribution < 1.29 is 0 Å². The summed E-state index contributed by atoms with van der Waals surface area (Å²) in [6.07, 6.45) is 7.84. The lowest BCUT2D eigenvalue weighted by Crippen LogP contribution is -2.47. The van der Waals surface area contributed by atoms with Crippen LogP contribution < -0.4 is 5.73 Å². The molecular weight excluding hydrogens is 158 g/mol. The molecule has 0 radical (unpaired) electrons. The average molecular weight is 181 g/mol. The van der Waals surface area contributed by atoms with Crippen molar-refractivity contribution in [3.63, 3.8) is 0 Å². The molecule has 2 rings (SSSR count). The molecule has 1 heteroatoms. The topological polar surface area (TPSA) is 26.0 Å². The average Bonchev–Trinajstić information content (AvgIpc) is 2.21. The summed E-state index contributed by atoms with van der Waals surface area (Å²) in [7, 11) is 0. The highest BCUT2D eigenvalue weighted by Crippen LogP contribution is 2.59. The molecule has 0 aromatic heterocycles. The zero-order chi connectivity index (χ0) is 9.74. The molecule has 3 atom stereocenters. The third kappa shape index (κ3) is 1.52. The molecule has 2 fully saturated rings. The fourth-order valence-electron chi connectivity index (χ4n) is 4.07. The first kappa shape index (κ1) is 9.51. The van der Waals surface area contributed by atoms with Gasteiger partial charge in [0.1, 0.15) is 0 Å². The van der Waals surface area contributed by atoms with Gasteiger partial charge in [0.25, 0.3) is 0 Å². The molecular formula is C12H23N. The lowest BCUT2D eigenvalue weighted by Gasteiger charge is -2.46. The molecule has 2 aliphatic carbocycles. The van der Waals surface area contributed by atoms with Gasteiger partial charge in [-0.2, -0.15) is 0 Å². The number of rotatable bonds is 1. The second-order valence-electron chi connectivity index (χ2n) is 6.37. The number of fused-ring (bicyclic) bond motifs is 2. The smallest absolute Gasteiger partial charge is 0.0164 e. The summed E-state index contributed by atoms with van der Waals surface area (Å²) in [6.45, 7) is 7.18. The van der Waals surface area contributed by atoms with Crippen molar-refractivity contribution in [2.75, 3.05) is 0 Å². The van der Waals surface area contributed by atoms with E-state index < -0.39 is 0 Å². The van der Waals surface area contributed by atoms with E-state index in [4.69, 9.17) is 5.73 Å². The Morgan fingerprint density at radius 3 is 2.31 bits per heavy atom. The molecule has 0 saturated heterocycles. The Hall–Kier alpha value is -0.0400. The van der Waals surface area contributed by atoms with Gasteiger partial charge in [0.2, 0.25) is 0 Å². The fourth-order valence-corrected chi connectivity index (χ4v) is 4.07. The van der Waals surface area contributed by atoms with Crippen LogP contribution >= 0.6 is 0 Å². The predicted molar refractivity (Wildman–Crippen MR) is 56.5 cm³/mol. The molecule has 2 N–H and O–H groups in total. The maximum absolute atomic E-state index is 6.44. The molecule has 3 unspecified atom stereocenters. The van der Waals surface area contributed by atoms with E-state index in [0.717, 1.165) is 0 Å². The molecule has 1 nitrogen and oxygen atoms in total. The van der Waals surface area contributed by atoms with Gasteiger partial charge >= 0.3 is 0 Å². The number of hydrogen-bond acceptors (Lipinski definition) is 1. The lowest BCUT2D eigenvalue weighted by atomic mass is 9.61. The normalized spacial score (nSPS) is 55.4. The Balaban J connectivity index is 2.25. The van der Waals surface area contributed by atoms with E-state index in [1.165, 1.54) is 38.5 Å². The van der Waals surface area contributed by atoms with Crippen molar-refractivity contribution in [1.82, 2.24) is 0 Å². The Kier molecular flexibility index (Phi) is 1.83. The molecule has 2 bridgehead atoms. The Labute approximate surface area is 82.1 Å². The Morgan fingerprint density at radius 2 is 1.77 bits per heavy atom. The second kappa shape index (κ2) is 2.50. The summed E-state index contributed by atoms with van der Waals surface area (Å²) >= 11 is 0. The van der Waals surface area contributed by atoms with Crippen molar-refractivity contribution in [2.24, 2.45) is 16.6 Å². The summed E-state index contributed by atoms with van der Waals surface area (Å²) in [5.74, 6) is 0. The molecule has 13 heavy (non-hydrogen) atoms. The van der Waals surface area contributed by atoms with E-state index in [0.29, 0.717) is 10.8 Å². The van der Waals surface area contributed by atoms with Crippen LogP contribution in [0.3, 0.4) is 0 Å². The van der Waals surface area contributed by atoms with Gasteiger partial charge in [-0.1, -0.05) is 27.2 Å². The second-order valence-corrected chi connectivity index (χ2v) is 6.37. The molecule has 76 valence electrons. The van der Waals surface area contributed by atoms with Gasteiger partial charge in [0, 0.05) is 5.54 Å². The molecule has 0 amide bonds. The summed E-state index contributed by atoms with van der Waals surface area (Å²) in [5, 5.41) is 0. The van der Waals surface area contributed by atoms with E-state index in [-0.39, 0.29) is 5.54 Å². The quantitative estimate of drug-likeness (QED) is 0.661. The molecule has 2 saturated carbocycles. The first-order chi connectivity index (χ1) is 5.89. The molecule has 0 aromatic rings. The molecule has 0 aliphatic heterocycles.